The molecule has 1 aromatic rings. The molecule has 0 spiro atoms. The summed E-state index contributed by atoms with van der Waals surface area (Å²) in [6.07, 6.45) is 4.96. The molecule has 1 rings (SSSR count). The van der Waals surface area contributed by atoms with Crippen molar-refractivity contribution in [2.75, 3.05) is 0 Å². The van der Waals surface area contributed by atoms with Crippen molar-refractivity contribution in [2.45, 2.75) is 84.2 Å². The first kappa shape index (κ1) is 19.4. The zero-order valence-electron chi connectivity index (χ0n) is 15.3. The van der Waals surface area contributed by atoms with Gasteiger partial charge in [-0.15, -0.1) is 0 Å². The summed E-state index contributed by atoms with van der Waals surface area (Å²) in [7, 11) is -1.78. The average Bonchev–Trinajstić information content (AvgIpc) is 2.45. The monoisotopic (exact) mass is 322 g/mol. The summed E-state index contributed by atoms with van der Waals surface area (Å²) in [5.41, 5.74) is 2.21. The smallest absolute Gasteiger partial charge is 0.192 e. The fourth-order valence-corrected chi connectivity index (χ4v) is 3.56. The molecule has 0 radical (unpaired) electrons. The average molecular weight is 323 g/mol. The molecule has 0 bridgehead atoms. The van der Waals surface area contributed by atoms with Gasteiger partial charge in [-0.05, 0) is 35.7 Å². The van der Waals surface area contributed by atoms with Crippen molar-refractivity contribution < 1.29 is 9.53 Å². The molecule has 0 unspecified atom stereocenters. The highest BCUT2D eigenvalue weighted by atomic mass is 28.4. The second-order valence-electron chi connectivity index (χ2n) is 7.76. The lowest BCUT2D eigenvalue weighted by Crippen LogP contribution is -2.41. The third-order valence-electron chi connectivity index (χ3n) is 4.85. The molecule has 0 amide bonds. The SMILES string of the molecule is CCCCC[C@@H](O[Si](C)(C)C(C)(C)C)c1ccc(CO)cc1. The lowest BCUT2D eigenvalue weighted by molar-refractivity contribution is 0.170. The molecule has 22 heavy (non-hydrogen) atoms. The number of aliphatic hydroxyl groups excluding tert-OH is 1. The highest BCUT2D eigenvalue weighted by Gasteiger charge is 2.39. The molecule has 3 heteroatoms. The lowest BCUT2D eigenvalue weighted by atomic mass is 10.0. The van der Waals surface area contributed by atoms with Gasteiger partial charge in [-0.2, -0.15) is 0 Å². The van der Waals surface area contributed by atoms with Gasteiger partial charge in [-0.3, -0.25) is 0 Å². The van der Waals surface area contributed by atoms with Crippen LogP contribution < -0.4 is 0 Å². The zero-order valence-corrected chi connectivity index (χ0v) is 16.3. The van der Waals surface area contributed by atoms with E-state index in [0.29, 0.717) is 0 Å². The Balaban J connectivity index is 2.91. The summed E-state index contributed by atoms with van der Waals surface area (Å²) in [4.78, 5) is 0. The van der Waals surface area contributed by atoms with E-state index in [2.05, 4.69) is 52.9 Å². The molecule has 0 aromatic heterocycles. The maximum atomic E-state index is 9.21. The summed E-state index contributed by atoms with van der Waals surface area (Å²) in [6.45, 7) is 13.8. The Morgan fingerprint density at radius 2 is 1.68 bits per heavy atom. The Bertz CT molecular complexity index is 432. The van der Waals surface area contributed by atoms with Crippen molar-refractivity contribution in [2.24, 2.45) is 0 Å². The molecule has 0 fully saturated rings. The van der Waals surface area contributed by atoms with Gasteiger partial charge in [0.15, 0.2) is 8.32 Å². The van der Waals surface area contributed by atoms with E-state index in [9.17, 15) is 5.11 Å². The summed E-state index contributed by atoms with van der Waals surface area (Å²) in [5.74, 6) is 0. The van der Waals surface area contributed by atoms with E-state index in [4.69, 9.17) is 4.43 Å². The van der Waals surface area contributed by atoms with Crippen molar-refractivity contribution >= 4 is 8.32 Å². The number of hydrogen-bond acceptors (Lipinski definition) is 2. The molecule has 0 aliphatic rings. The van der Waals surface area contributed by atoms with Gasteiger partial charge in [0.1, 0.15) is 0 Å². The number of unbranched alkanes of at least 4 members (excludes halogenated alkanes) is 2. The van der Waals surface area contributed by atoms with Crippen LogP contribution in [0.2, 0.25) is 18.1 Å². The van der Waals surface area contributed by atoms with Gasteiger partial charge in [-0.1, -0.05) is 71.2 Å². The maximum Gasteiger partial charge on any atom is 0.192 e. The van der Waals surface area contributed by atoms with Crippen molar-refractivity contribution in [1.82, 2.24) is 0 Å². The molecule has 1 aromatic carbocycles. The molecular weight excluding hydrogens is 288 g/mol. The third-order valence-corrected chi connectivity index (χ3v) is 9.33. The Kier molecular flexibility index (Phi) is 7.30. The van der Waals surface area contributed by atoms with Crippen LogP contribution in [-0.4, -0.2) is 13.4 Å². The van der Waals surface area contributed by atoms with Gasteiger partial charge in [0.2, 0.25) is 0 Å². The number of benzene rings is 1. The fourth-order valence-electron chi connectivity index (χ4n) is 2.24. The summed E-state index contributed by atoms with van der Waals surface area (Å²) >= 11 is 0. The normalized spacial score (nSPS) is 14.1. The predicted molar refractivity (Wildman–Crippen MR) is 97.5 cm³/mol. The molecule has 0 saturated heterocycles. The van der Waals surface area contributed by atoms with E-state index in [-0.39, 0.29) is 17.7 Å². The van der Waals surface area contributed by atoms with E-state index >= 15 is 0 Å². The molecule has 126 valence electrons. The van der Waals surface area contributed by atoms with Crippen molar-refractivity contribution in [3.8, 4) is 0 Å². The zero-order chi connectivity index (χ0) is 16.8. The number of rotatable bonds is 8. The molecule has 0 saturated carbocycles. The van der Waals surface area contributed by atoms with E-state index in [1.165, 1.54) is 24.8 Å². The van der Waals surface area contributed by atoms with E-state index < -0.39 is 8.32 Å². The van der Waals surface area contributed by atoms with Gasteiger partial charge < -0.3 is 9.53 Å². The van der Waals surface area contributed by atoms with Crippen LogP contribution in [0.3, 0.4) is 0 Å². The largest absolute Gasteiger partial charge is 0.410 e. The molecular formula is C19H34O2Si. The van der Waals surface area contributed by atoms with Crippen LogP contribution in [0, 0.1) is 0 Å². The van der Waals surface area contributed by atoms with Crippen LogP contribution >= 0.6 is 0 Å². The van der Waals surface area contributed by atoms with Crippen LogP contribution in [0.1, 0.15) is 70.6 Å². The van der Waals surface area contributed by atoms with Gasteiger partial charge in [0.05, 0.1) is 12.7 Å². The Morgan fingerprint density at radius 3 is 2.14 bits per heavy atom. The van der Waals surface area contributed by atoms with Crippen LogP contribution in [0.4, 0.5) is 0 Å². The van der Waals surface area contributed by atoms with Crippen molar-refractivity contribution in [1.29, 1.82) is 0 Å². The maximum absolute atomic E-state index is 9.21. The van der Waals surface area contributed by atoms with Gasteiger partial charge in [0, 0.05) is 0 Å². The highest BCUT2D eigenvalue weighted by molar-refractivity contribution is 6.74. The Hall–Kier alpha value is -0.643. The Morgan fingerprint density at radius 1 is 1.09 bits per heavy atom. The van der Waals surface area contributed by atoms with E-state index in [1.54, 1.807) is 0 Å². The standard InChI is InChI=1S/C19H34O2Si/c1-7-8-9-10-18(21-22(5,6)19(2,3)4)17-13-11-16(15-20)12-14-17/h11-14,18,20H,7-10,15H2,1-6H3/t18-/m1/s1. The molecule has 0 heterocycles. The first-order chi connectivity index (χ1) is 10.2. The van der Waals surface area contributed by atoms with Gasteiger partial charge >= 0.3 is 0 Å². The number of aliphatic hydroxyl groups is 1. The molecule has 0 aliphatic heterocycles. The lowest BCUT2D eigenvalue weighted by Gasteiger charge is -2.39. The molecule has 0 aliphatic carbocycles. The minimum atomic E-state index is -1.78. The first-order valence-electron chi connectivity index (χ1n) is 8.59. The second kappa shape index (κ2) is 8.28. The predicted octanol–water partition coefficient (Wildman–Crippen LogP) is 5.82. The summed E-state index contributed by atoms with van der Waals surface area (Å²) in [5, 5.41) is 9.43. The van der Waals surface area contributed by atoms with Crippen LogP contribution in [0.25, 0.3) is 0 Å². The second-order valence-corrected chi connectivity index (χ2v) is 12.5. The summed E-state index contributed by atoms with van der Waals surface area (Å²) in [6, 6.07) is 8.26. The van der Waals surface area contributed by atoms with Crippen LogP contribution in [-0.2, 0) is 11.0 Å². The minimum Gasteiger partial charge on any atom is -0.410 e. The third kappa shape index (κ3) is 5.53. The molecule has 1 atom stereocenters. The van der Waals surface area contributed by atoms with Crippen LogP contribution in [0.5, 0.6) is 0 Å². The number of hydrogen-bond donors (Lipinski definition) is 1. The topological polar surface area (TPSA) is 29.5 Å². The van der Waals surface area contributed by atoms with Gasteiger partial charge in [0.25, 0.3) is 0 Å². The van der Waals surface area contributed by atoms with Gasteiger partial charge in [-0.25, -0.2) is 0 Å². The Labute approximate surface area is 138 Å². The first-order valence-corrected chi connectivity index (χ1v) is 11.5. The fraction of sp³-hybridized carbons (Fsp3) is 0.684. The minimum absolute atomic E-state index is 0.101. The molecule has 2 nitrogen and oxygen atoms in total. The van der Waals surface area contributed by atoms with E-state index in [1.807, 2.05) is 12.1 Å². The quantitative estimate of drug-likeness (QED) is 0.482. The van der Waals surface area contributed by atoms with Crippen molar-refractivity contribution in [3.63, 3.8) is 0 Å². The van der Waals surface area contributed by atoms with Crippen molar-refractivity contribution in [3.05, 3.63) is 35.4 Å². The summed E-state index contributed by atoms with van der Waals surface area (Å²) < 4.78 is 6.68. The molecule has 1 N–H and O–H groups in total. The van der Waals surface area contributed by atoms with Crippen LogP contribution in [0.15, 0.2) is 24.3 Å². The highest BCUT2D eigenvalue weighted by Crippen LogP contribution is 2.41. The van der Waals surface area contributed by atoms with E-state index in [0.717, 1.165) is 12.0 Å².